The lowest BCUT2D eigenvalue weighted by molar-refractivity contribution is -0.993. The van der Waals surface area contributed by atoms with Crippen molar-refractivity contribution in [3.05, 3.63) is 0 Å². The molecule has 0 amide bonds. The average molecular weight is 236 g/mol. The van der Waals surface area contributed by atoms with E-state index in [-0.39, 0.29) is 0 Å². The van der Waals surface area contributed by atoms with Gasteiger partial charge in [0, 0.05) is 12.8 Å². The molecule has 0 aromatic rings. The van der Waals surface area contributed by atoms with E-state index in [4.69, 9.17) is 0 Å². The molecule has 0 radical (unpaired) electrons. The molecule has 0 aromatic carbocycles. The lowest BCUT2D eigenvalue weighted by Crippen LogP contribution is -3.26. The van der Waals surface area contributed by atoms with Crippen LogP contribution in [0.2, 0.25) is 0 Å². The van der Waals surface area contributed by atoms with Crippen molar-refractivity contribution in [1.29, 1.82) is 0 Å². The van der Waals surface area contributed by atoms with Crippen molar-refractivity contribution in [3.8, 4) is 0 Å². The molecule has 4 heterocycles. The largest absolute Gasteiger partial charge is 0.332 e. The van der Waals surface area contributed by atoms with Crippen molar-refractivity contribution in [2.75, 3.05) is 26.2 Å². The van der Waals surface area contributed by atoms with Gasteiger partial charge in [-0.25, -0.2) is 0 Å². The maximum absolute atomic E-state index is 2.02. The predicted octanol–water partition coefficient (Wildman–Crippen LogP) is -0.489. The van der Waals surface area contributed by atoms with Crippen molar-refractivity contribution < 1.29 is 9.80 Å². The van der Waals surface area contributed by atoms with Gasteiger partial charge in [-0.1, -0.05) is 0 Å². The Balaban J connectivity index is 1.56. The molecule has 2 unspecified atom stereocenters. The summed E-state index contributed by atoms with van der Waals surface area (Å²) in [6.07, 6.45) is 10.7. The lowest BCUT2D eigenvalue weighted by Gasteiger charge is -2.52. The van der Waals surface area contributed by atoms with Crippen molar-refractivity contribution in [3.63, 3.8) is 0 Å². The Morgan fingerprint density at radius 3 is 1.71 bits per heavy atom. The van der Waals surface area contributed by atoms with Crippen LogP contribution >= 0.6 is 0 Å². The quantitative estimate of drug-likeness (QED) is 0.562. The van der Waals surface area contributed by atoms with Crippen LogP contribution in [-0.2, 0) is 0 Å². The van der Waals surface area contributed by atoms with E-state index in [1.165, 1.54) is 51.9 Å². The summed E-state index contributed by atoms with van der Waals surface area (Å²) in [6, 6.07) is 2.13. The zero-order chi connectivity index (χ0) is 11.2. The molecule has 2 nitrogen and oxygen atoms in total. The van der Waals surface area contributed by atoms with Gasteiger partial charge in [-0.05, 0) is 32.1 Å². The number of hydrogen-bond donors (Lipinski definition) is 2. The highest BCUT2D eigenvalue weighted by Gasteiger charge is 2.51. The summed E-state index contributed by atoms with van der Waals surface area (Å²) >= 11 is 0. The van der Waals surface area contributed by atoms with E-state index in [9.17, 15) is 0 Å². The third-order valence-electron chi connectivity index (χ3n) is 6.37. The van der Waals surface area contributed by atoms with E-state index in [0.29, 0.717) is 0 Å². The van der Waals surface area contributed by atoms with Crippen LogP contribution in [-0.4, -0.2) is 38.3 Å². The Morgan fingerprint density at radius 1 is 0.647 bits per heavy atom. The third kappa shape index (κ3) is 1.76. The fourth-order valence-electron chi connectivity index (χ4n) is 5.70. The Kier molecular flexibility index (Phi) is 2.69. The summed E-state index contributed by atoms with van der Waals surface area (Å²) in [7, 11) is 0. The second-order valence-electron chi connectivity index (χ2n) is 7.19. The van der Waals surface area contributed by atoms with Crippen LogP contribution in [0, 0.1) is 11.8 Å². The van der Waals surface area contributed by atoms with Crippen LogP contribution < -0.4 is 9.80 Å². The standard InChI is InChI=1S/C15H26N2/c1-3-7-16-11-13-9-12(14(16)5-1)10-17-8-4-2-6-15(13)17/h12-15H,1-11H2/p+2/t12-,13-,14+,15+/m1/s1. The topological polar surface area (TPSA) is 8.88 Å². The zero-order valence-corrected chi connectivity index (χ0v) is 11.1. The van der Waals surface area contributed by atoms with Crippen LogP contribution in [0.25, 0.3) is 0 Å². The molecular weight excluding hydrogens is 208 g/mol. The third-order valence-corrected chi connectivity index (χ3v) is 6.37. The summed E-state index contributed by atoms with van der Waals surface area (Å²) in [5, 5.41) is 0. The number of fused-ring (bicyclic) bond motifs is 6. The van der Waals surface area contributed by atoms with Crippen LogP contribution in [0.1, 0.15) is 44.9 Å². The lowest BCUT2D eigenvalue weighted by atomic mass is 9.71. The smallest absolute Gasteiger partial charge is 0.0957 e. The highest BCUT2D eigenvalue weighted by atomic mass is 15.3. The van der Waals surface area contributed by atoms with Gasteiger partial charge in [0.05, 0.1) is 50.1 Å². The average Bonchev–Trinajstić information content (AvgIpc) is 2.39. The van der Waals surface area contributed by atoms with E-state index < -0.39 is 0 Å². The Morgan fingerprint density at radius 2 is 1.18 bits per heavy atom. The number of hydrogen-bond acceptors (Lipinski definition) is 0. The number of rotatable bonds is 0. The second-order valence-corrected chi connectivity index (χ2v) is 7.19. The van der Waals surface area contributed by atoms with Crippen molar-refractivity contribution in [2.24, 2.45) is 11.8 Å². The van der Waals surface area contributed by atoms with Crippen molar-refractivity contribution in [1.82, 2.24) is 0 Å². The fourth-order valence-corrected chi connectivity index (χ4v) is 5.70. The molecule has 0 aromatic heterocycles. The number of piperidine rings is 4. The minimum absolute atomic E-state index is 1.07. The number of nitrogens with one attached hydrogen (secondary N) is 2. The molecule has 4 aliphatic rings. The first kappa shape index (κ1) is 10.8. The van der Waals surface area contributed by atoms with E-state index in [1.807, 2.05) is 9.80 Å². The van der Waals surface area contributed by atoms with Gasteiger partial charge < -0.3 is 9.80 Å². The first-order chi connectivity index (χ1) is 8.42. The summed E-state index contributed by atoms with van der Waals surface area (Å²) in [4.78, 5) is 4.03. The molecule has 0 aliphatic carbocycles. The van der Waals surface area contributed by atoms with E-state index in [0.717, 1.165) is 23.9 Å². The fraction of sp³-hybridized carbons (Fsp3) is 1.00. The van der Waals surface area contributed by atoms with Crippen LogP contribution in [0.3, 0.4) is 0 Å². The molecule has 6 atom stereocenters. The maximum atomic E-state index is 2.02. The van der Waals surface area contributed by atoms with Gasteiger partial charge in [0.15, 0.2) is 0 Å². The molecule has 4 fully saturated rings. The molecule has 0 spiro atoms. The van der Waals surface area contributed by atoms with Gasteiger partial charge >= 0.3 is 0 Å². The van der Waals surface area contributed by atoms with E-state index >= 15 is 0 Å². The predicted molar refractivity (Wildman–Crippen MR) is 68.3 cm³/mol. The molecule has 2 bridgehead atoms. The summed E-state index contributed by atoms with van der Waals surface area (Å²) in [5.74, 6) is 2.18. The first-order valence-corrected chi connectivity index (χ1v) is 8.11. The molecule has 96 valence electrons. The van der Waals surface area contributed by atoms with Crippen LogP contribution in [0.15, 0.2) is 0 Å². The Labute approximate surface area is 105 Å². The van der Waals surface area contributed by atoms with Gasteiger partial charge in [-0.3, -0.25) is 0 Å². The minimum Gasteiger partial charge on any atom is -0.332 e. The Bertz CT molecular complexity index is 263. The van der Waals surface area contributed by atoms with Gasteiger partial charge in [0.1, 0.15) is 0 Å². The molecule has 4 rings (SSSR count). The SMILES string of the molecule is C1CC[NH+]2C[C@H]3C[C@H](C[NH+]4CCCC[C@@H]34)[C@@H]2C1. The normalized spacial score (nSPS) is 53.6. The van der Waals surface area contributed by atoms with Crippen LogP contribution in [0.5, 0.6) is 0 Å². The summed E-state index contributed by atoms with van der Waals surface area (Å²) in [5.41, 5.74) is 0. The van der Waals surface area contributed by atoms with Crippen LogP contribution in [0.4, 0.5) is 0 Å². The van der Waals surface area contributed by atoms with Gasteiger partial charge in [-0.2, -0.15) is 0 Å². The Hall–Kier alpha value is -0.0800. The molecule has 4 saturated heterocycles. The van der Waals surface area contributed by atoms with E-state index in [1.54, 1.807) is 19.3 Å². The molecule has 17 heavy (non-hydrogen) atoms. The second kappa shape index (κ2) is 4.24. The minimum atomic E-state index is 1.07. The van der Waals surface area contributed by atoms with Gasteiger partial charge in [-0.15, -0.1) is 0 Å². The zero-order valence-electron chi connectivity index (χ0n) is 11.1. The summed E-state index contributed by atoms with van der Waals surface area (Å²) in [6.45, 7) is 6.07. The van der Waals surface area contributed by atoms with Crippen molar-refractivity contribution >= 4 is 0 Å². The number of quaternary nitrogens is 2. The maximum Gasteiger partial charge on any atom is 0.0957 e. The monoisotopic (exact) mass is 236 g/mol. The first-order valence-electron chi connectivity index (χ1n) is 8.11. The molecule has 2 N–H and O–H groups in total. The van der Waals surface area contributed by atoms with E-state index in [2.05, 4.69) is 0 Å². The summed E-state index contributed by atoms with van der Waals surface area (Å²) < 4.78 is 0. The molecule has 2 heteroatoms. The highest BCUT2D eigenvalue weighted by Crippen LogP contribution is 2.29. The van der Waals surface area contributed by atoms with Gasteiger partial charge in [0.25, 0.3) is 0 Å². The molecular formula is C15H28N2+2. The molecule has 0 saturated carbocycles. The highest BCUT2D eigenvalue weighted by molar-refractivity contribution is 4.86. The molecule has 4 aliphatic heterocycles. The van der Waals surface area contributed by atoms with Crippen molar-refractivity contribution in [2.45, 2.75) is 57.0 Å². The van der Waals surface area contributed by atoms with Gasteiger partial charge in [0.2, 0.25) is 0 Å².